The van der Waals surface area contributed by atoms with Crippen LogP contribution in [0.4, 0.5) is 28.3 Å². The van der Waals surface area contributed by atoms with Gasteiger partial charge in [0.05, 0.1) is 11.6 Å². The topological polar surface area (TPSA) is 92.5 Å². The molecule has 2 aromatic rings. The van der Waals surface area contributed by atoms with Crippen molar-refractivity contribution < 1.29 is 32.2 Å². The van der Waals surface area contributed by atoms with Gasteiger partial charge in [0.25, 0.3) is 0 Å². The first-order valence-corrected chi connectivity index (χ1v) is 10.3. The molecule has 2 bridgehead atoms. The molecule has 0 unspecified atom stereocenters. The van der Waals surface area contributed by atoms with Crippen LogP contribution in [-0.4, -0.2) is 50.0 Å². The van der Waals surface area contributed by atoms with Gasteiger partial charge in [0.2, 0.25) is 5.95 Å². The number of ether oxygens (including phenoxy) is 1. The Balaban J connectivity index is 1.56. The lowest BCUT2D eigenvalue weighted by atomic mass is 9.92. The molecule has 12 heteroatoms. The molecule has 32 heavy (non-hydrogen) atoms. The molecule has 2 N–H and O–H groups in total. The first-order chi connectivity index (χ1) is 15.0. The maximum Gasteiger partial charge on any atom is 0.416 e. The summed E-state index contributed by atoms with van der Waals surface area (Å²) < 4.78 is 59.9. The van der Waals surface area contributed by atoms with E-state index < -0.39 is 29.4 Å². The number of carboxylic acid groups (broad SMARTS) is 1. The third-order valence-corrected chi connectivity index (χ3v) is 5.95. The van der Waals surface area contributed by atoms with Crippen molar-refractivity contribution in [3.05, 3.63) is 29.6 Å². The zero-order valence-electron chi connectivity index (χ0n) is 17.4. The predicted molar refractivity (Wildman–Crippen MR) is 105 cm³/mol. The lowest BCUT2D eigenvalue weighted by molar-refractivity contribution is -0.137. The van der Waals surface area contributed by atoms with Crippen LogP contribution in [0.2, 0.25) is 0 Å². The van der Waals surface area contributed by atoms with Crippen molar-refractivity contribution in [3.8, 4) is 11.8 Å². The highest BCUT2D eigenvalue weighted by atomic mass is 19.4. The van der Waals surface area contributed by atoms with E-state index in [-0.39, 0.29) is 35.9 Å². The van der Waals surface area contributed by atoms with Gasteiger partial charge in [-0.15, -0.1) is 5.10 Å². The molecule has 2 heterocycles. The van der Waals surface area contributed by atoms with Gasteiger partial charge >= 0.3 is 18.3 Å². The van der Waals surface area contributed by atoms with Crippen molar-refractivity contribution in [1.82, 2.24) is 19.7 Å². The number of fused-ring (bicyclic) bond motifs is 2. The normalized spacial score (nSPS) is 23.0. The Hall–Kier alpha value is -3.05. The minimum atomic E-state index is -4.64. The summed E-state index contributed by atoms with van der Waals surface area (Å²) in [5.41, 5.74) is -1.04. The van der Waals surface area contributed by atoms with Crippen LogP contribution in [0.1, 0.15) is 38.3 Å². The number of alkyl halides is 3. The highest BCUT2D eigenvalue weighted by Gasteiger charge is 2.44. The van der Waals surface area contributed by atoms with Crippen LogP contribution in [0.3, 0.4) is 0 Å². The molecule has 1 saturated heterocycles. The summed E-state index contributed by atoms with van der Waals surface area (Å²) in [7, 11) is 0. The summed E-state index contributed by atoms with van der Waals surface area (Å²) in [4.78, 5) is 17.0. The van der Waals surface area contributed by atoms with Crippen molar-refractivity contribution in [2.24, 2.45) is 11.8 Å². The van der Waals surface area contributed by atoms with E-state index >= 15 is 0 Å². The van der Waals surface area contributed by atoms with Crippen molar-refractivity contribution in [2.75, 3.05) is 18.4 Å². The molecule has 174 valence electrons. The molecule has 2 aliphatic rings. The number of anilines is 1. The maximum absolute atomic E-state index is 14.2. The van der Waals surface area contributed by atoms with Crippen LogP contribution in [0, 0.1) is 17.7 Å². The number of hydrogen-bond acceptors (Lipinski definition) is 5. The number of piperidine rings is 1. The summed E-state index contributed by atoms with van der Waals surface area (Å²) >= 11 is 0. The highest BCUT2D eigenvalue weighted by molar-refractivity contribution is 5.65. The molecule has 4 rings (SSSR count). The van der Waals surface area contributed by atoms with Crippen molar-refractivity contribution >= 4 is 12.0 Å². The SMILES string of the molecule is CC(C)n1nc(N[C@@H]2[C@@H]3CC[C@H]2CN(C(=O)O)C3)nc1Oc1cc(C(F)(F)F)ccc1F. The summed E-state index contributed by atoms with van der Waals surface area (Å²) in [6, 6.07) is 1.49. The van der Waals surface area contributed by atoms with E-state index in [0.717, 1.165) is 12.8 Å². The van der Waals surface area contributed by atoms with Gasteiger partial charge in [0.15, 0.2) is 11.6 Å². The Bertz CT molecular complexity index is 996. The van der Waals surface area contributed by atoms with E-state index in [1.54, 1.807) is 13.8 Å². The van der Waals surface area contributed by atoms with E-state index in [0.29, 0.717) is 31.3 Å². The summed E-state index contributed by atoms with van der Waals surface area (Å²) in [5, 5.41) is 16.9. The monoisotopic (exact) mass is 457 g/mol. The van der Waals surface area contributed by atoms with Gasteiger partial charge in [-0.05, 0) is 56.7 Å². The second-order valence-corrected chi connectivity index (χ2v) is 8.46. The standard InChI is InChI=1S/C20H23F4N5O3/c1-10(2)29-18(32-15-7-13(20(22,23)24)5-6-14(15)21)26-17(27-29)25-16-11-3-4-12(16)9-28(8-11)19(30)31/h5-7,10-12,16H,3-4,8-9H2,1-2H3,(H,25,27)(H,30,31)/t11-,12+,16-. The Morgan fingerprint density at radius 1 is 1.25 bits per heavy atom. The van der Waals surface area contributed by atoms with Crippen molar-refractivity contribution in [3.63, 3.8) is 0 Å². The van der Waals surface area contributed by atoms with E-state index in [1.807, 2.05) is 0 Å². The molecule has 0 spiro atoms. The molecule has 2 fully saturated rings. The second-order valence-electron chi connectivity index (χ2n) is 8.46. The third kappa shape index (κ3) is 4.30. The van der Waals surface area contributed by atoms with Crippen LogP contribution in [-0.2, 0) is 6.18 Å². The number of benzene rings is 1. The maximum atomic E-state index is 14.2. The molecule has 1 aromatic heterocycles. The number of hydrogen-bond donors (Lipinski definition) is 2. The van der Waals surface area contributed by atoms with Gasteiger partial charge in [-0.2, -0.15) is 18.2 Å². The van der Waals surface area contributed by atoms with Gasteiger partial charge in [-0.3, -0.25) is 0 Å². The molecule has 0 radical (unpaired) electrons. The van der Waals surface area contributed by atoms with Gasteiger partial charge in [-0.25, -0.2) is 13.9 Å². The van der Waals surface area contributed by atoms with Gasteiger partial charge in [0, 0.05) is 19.1 Å². The second kappa shape index (κ2) is 8.14. The molecule has 1 saturated carbocycles. The van der Waals surface area contributed by atoms with Gasteiger partial charge in [0.1, 0.15) is 0 Å². The molecule has 1 aliphatic carbocycles. The first kappa shape index (κ1) is 22.2. The lowest BCUT2D eigenvalue weighted by Gasteiger charge is -2.36. The van der Waals surface area contributed by atoms with Crippen LogP contribution >= 0.6 is 0 Å². The zero-order chi connectivity index (χ0) is 23.2. The van der Waals surface area contributed by atoms with E-state index in [1.165, 1.54) is 9.58 Å². The van der Waals surface area contributed by atoms with Crippen LogP contribution < -0.4 is 10.1 Å². The van der Waals surface area contributed by atoms with E-state index in [4.69, 9.17) is 4.74 Å². The average Bonchev–Trinajstić information content (AvgIpc) is 3.19. The largest absolute Gasteiger partial charge is 0.465 e. The molecular weight excluding hydrogens is 434 g/mol. The Morgan fingerprint density at radius 2 is 1.91 bits per heavy atom. The quantitative estimate of drug-likeness (QED) is 0.637. The zero-order valence-corrected chi connectivity index (χ0v) is 17.4. The van der Waals surface area contributed by atoms with E-state index in [2.05, 4.69) is 15.4 Å². The first-order valence-electron chi connectivity index (χ1n) is 10.3. The van der Waals surface area contributed by atoms with Crippen LogP contribution in [0.15, 0.2) is 18.2 Å². The van der Waals surface area contributed by atoms with Crippen LogP contribution in [0.25, 0.3) is 0 Å². The minimum Gasteiger partial charge on any atom is -0.465 e. The summed E-state index contributed by atoms with van der Waals surface area (Å²) in [5.74, 6) is -1.16. The number of halogens is 4. The number of carbonyl (C=O) groups is 1. The lowest BCUT2D eigenvalue weighted by Crippen LogP contribution is -2.49. The van der Waals surface area contributed by atoms with Crippen molar-refractivity contribution in [2.45, 2.75) is 44.9 Å². The number of aromatic nitrogens is 3. The summed E-state index contributed by atoms with van der Waals surface area (Å²) in [6.45, 7) is 4.38. The van der Waals surface area contributed by atoms with E-state index in [9.17, 15) is 27.5 Å². The molecule has 1 aromatic carbocycles. The Kier molecular flexibility index (Phi) is 5.63. The Labute approximate surface area is 181 Å². The Morgan fingerprint density at radius 3 is 2.47 bits per heavy atom. The van der Waals surface area contributed by atoms with Gasteiger partial charge in [-0.1, -0.05) is 0 Å². The average molecular weight is 457 g/mol. The fourth-order valence-corrected chi connectivity index (χ4v) is 4.40. The molecule has 3 atom stereocenters. The smallest absolute Gasteiger partial charge is 0.416 e. The van der Waals surface area contributed by atoms with Crippen LogP contribution in [0.5, 0.6) is 11.8 Å². The number of nitrogens with one attached hydrogen (secondary N) is 1. The highest BCUT2D eigenvalue weighted by Crippen LogP contribution is 2.39. The summed E-state index contributed by atoms with van der Waals surface area (Å²) in [6.07, 6.45) is -3.85. The number of amides is 1. The molecule has 8 nitrogen and oxygen atoms in total. The third-order valence-electron chi connectivity index (χ3n) is 5.95. The fraction of sp³-hybridized carbons (Fsp3) is 0.550. The number of nitrogens with zero attached hydrogens (tertiary/aromatic N) is 4. The molecule has 1 aliphatic heterocycles. The number of likely N-dealkylation sites (tertiary alicyclic amines) is 1. The molecule has 1 amide bonds. The minimum absolute atomic E-state index is 0.0354. The van der Waals surface area contributed by atoms with Crippen molar-refractivity contribution in [1.29, 1.82) is 0 Å². The van der Waals surface area contributed by atoms with Gasteiger partial charge < -0.3 is 20.1 Å². The number of rotatable bonds is 5. The molecular formula is C20H23F4N5O3. The predicted octanol–water partition coefficient (Wildman–Crippen LogP) is 4.61. The fourth-order valence-electron chi connectivity index (χ4n) is 4.40.